The van der Waals surface area contributed by atoms with Gasteiger partial charge in [0, 0.05) is 0 Å². The molecule has 0 radical (unpaired) electrons. The first-order chi connectivity index (χ1) is 12.4. The predicted octanol–water partition coefficient (Wildman–Crippen LogP) is 1.13. The average molecular weight is 384 g/mol. The summed E-state index contributed by atoms with van der Waals surface area (Å²) < 4.78 is 10.1. The Morgan fingerprint density at radius 3 is 1.78 bits per heavy atom. The summed E-state index contributed by atoms with van der Waals surface area (Å²) in [4.78, 5) is 36.0. The SMILES string of the molecule is CCOC(=O)c1c2ccc(CC(=O)NO)ccc-2c(C(=O)OCC)c1N.[NaH]. The van der Waals surface area contributed by atoms with Gasteiger partial charge >= 0.3 is 41.5 Å². The van der Waals surface area contributed by atoms with Gasteiger partial charge in [-0.05, 0) is 30.5 Å². The van der Waals surface area contributed by atoms with Gasteiger partial charge in [-0.2, -0.15) is 0 Å². The zero-order valence-corrected chi connectivity index (χ0v) is 14.5. The Hall–Kier alpha value is -2.13. The normalized spacial score (nSPS) is 10.0. The van der Waals surface area contributed by atoms with E-state index < -0.39 is 17.8 Å². The Balaban J connectivity index is 0.00000364. The molecule has 1 amide bonds. The molecule has 0 aliphatic heterocycles. The van der Waals surface area contributed by atoms with Crippen molar-refractivity contribution in [3.8, 4) is 11.1 Å². The summed E-state index contributed by atoms with van der Waals surface area (Å²) in [6.45, 7) is 3.63. The molecule has 27 heavy (non-hydrogen) atoms. The van der Waals surface area contributed by atoms with Gasteiger partial charge < -0.3 is 15.2 Å². The Morgan fingerprint density at radius 2 is 1.41 bits per heavy atom. The third-order valence-corrected chi connectivity index (χ3v) is 3.74. The van der Waals surface area contributed by atoms with Gasteiger partial charge in [-0.1, -0.05) is 24.3 Å². The summed E-state index contributed by atoms with van der Waals surface area (Å²) in [6.07, 6.45) is -0.0767. The molecule has 140 valence electrons. The number of fused-ring (bicyclic) bond motifs is 1. The molecule has 0 spiro atoms. The summed E-state index contributed by atoms with van der Waals surface area (Å²) in [5.41, 5.74) is 9.17. The Morgan fingerprint density at radius 1 is 0.963 bits per heavy atom. The number of ether oxygens (including phenoxy) is 2. The van der Waals surface area contributed by atoms with Crippen molar-refractivity contribution in [2.75, 3.05) is 18.9 Å². The topological polar surface area (TPSA) is 128 Å². The minimum atomic E-state index is -0.647. The van der Waals surface area contributed by atoms with Crippen molar-refractivity contribution in [2.45, 2.75) is 20.3 Å². The fourth-order valence-corrected chi connectivity index (χ4v) is 2.66. The van der Waals surface area contributed by atoms with Crippen LogP contribution in [0.3, 0.4) is 0 Å². The summed E-state index contributed by atoms with van der Waals surface area (Å²) in [7, 11) is 0. The number of carbonyl (C=O) groups excluding carboxylic acids is 3. The summed E-state index contributed by atoms with van der Waals surface area (Å²) in [5, 5.41) is 8.66. The van der Waals surface area contributed by atoms with E-state index in [4.69, 9.17) is 20.4 Å². The molecule has 0 aromatic rings. The van der Waals surface area contributed by atoms with E-state index in [0.29, 0.717) is 16.7 Å². The van der Waals surface area contributed by atoms with Gasteiger partial charge in [0.15, 0.2) is 0 Å². The van der Waals surface area contributed by atoms with Crippen LogP contribution in [0.4, 0.5) is 5.69 Å². The maximum absolute atomic E-state index is 12.3. The van der Waals surface area contributed by atoms with Crippen molar-refractivity contribution < 1.29 is 29.1 Å². The molecular formula is C18H21N2NaO6. The van der Waals surface area contributed by atoms with Crippen LogP contribution < -0.4 is 11.2 Å². The first-order valence-corrected chi connectivity index (χ1v) is 8.05. The van der Waals surface area contributed by atoms with Crippen LogP contribution in [0, 0.1) is 0 Å². The number of nitrogens with two attached hydrogens (primary N) is 1. The van der Waals surface area contributed by atoms with Crippen molar-refractivity contribution in [1.82, 2.24) is 5.48 Å². The molecule has 8 nitrogen and oxygen atoms in total. The zero-order valence-electron chi connectivity index (χ0n) is 14.5. The molecule has 9 heteroatoms. The summed E-state index contributed by atoms with van der Waals surface area (Å²) in [6, 6.07) is 6.38. The molecule has 0 atom stereocenters. The van der Waals surface area contributed by atoms with E-state index in [1.54, 1.807) is 43.6 Å². The number of hydrogen-bond acceptors (Lipinski definition) is 7. The van der Waals surface area contributed by atoms with E-state index in [1.807, 2.05) is 0 Å². The second-order valence-corrected chi connectivity index (χ2v) is 5.39. The number of anilines is 1. The number of nitrogens with one attached hydrogen (secondary N) is 1. The number of carbonyl (C=O) groups is 3. The number of amides is 1. The molecule has 0 unspecified atom stereocenters. The third kappa shape index (κ3) is 4.98. The van der Waals surface area contributed by atoms with Crippen molar-refractivity contribution in [2.24, 2.45) is 0 Å². The molecule has 2 aliphatic rings. The predicted molar refractivity (Wildman–Crippen MR) is 100 cm³/mol. The van der Waals surface area contributed by atoms with Crippen molar-refractivity contribution in [3.05, 3.63) is 41.0 Å². The van der Waals surface area contributed by atoms with Crippen molar-refractivity contribution in [1.29, 1.82) is 0 Å². The van der Waals surface area contributed by atoms with Crippen LogP contribution in [0.5, 0.6) is 0 Å². The first-order valence-electron chi connectivity index (χ1n) is 8.05. The van der Waals surface area contributed by atoms with Gasteiger partial charge in [0.2, 0.25) is 5.91 Å². The minimum absolute atomic E-state index is 0. The second-order valence-electron chi connectivity index (χ2n) is 5.39. The van der Waals surface area contributed by atoms with Crippen LogP contribution in [0.1, 0.15) is 40.1 Å². The van der Waals surface area contributed by atoms with Crippen LogP contribution in [-0.2, 0) is 20.7 Å². The molecule has 2 aliphatic carbocycles. The van der Waals surface area contributed by atoms with E-state index in [1.165, 1.54) is 0 Å². The number of nitrogen functional groups attached to an aromatic ring is 1. The molecule has 0 aromatic heterocycles. The van der Waals surface area contributed by atoms with Gasteiger partial charge in [-0.25, -0.2) is 15.1 Å². The van der Waals surface area contributed by atoms with Crippen LogP contribution in [-0.4, -0.2) is 65.8 Å². The fraction of sp³-hybridized carbons (Fsp3) is 0.278. The number of rotatable bonds is 6. The summed E-state index contributed by atoms with van der Waals surface area (Å²) in [5.74, 6) is -1.88. The van der Waals surface area contributed by atoms with E-state index >= 15 is 0 Å². The molecule has 2 rings (SSSR count). The van der Waals surface area contributed by atoms with Gasteiger partial charge in [0.05, 0.1) is 36.4 Å². The van der Waals surface area contributed by atoms with Gasteiger partial charge in [0.1, 0.15) is 0 Å². The van der Waals surface area contributed by atoms with Crippen LogP contribution in [0.15, 0.2) is 24.3 Å². The van der Waals surface area contributed by atoms with Crippen molar-refractivity contribution >= 4 is 53.1 Å². The molecule has 0 heterocycles. The zero-order chi connectivity index (χ0) is 19.3. The van der Waals surface area contributed by atoms with E-state index in [2.05, 4.69) is 0 Å². The quantitative estimate of drug-likeness (QED) is 0.295. The molecule has 0 aromatic carbocycles. The Bertz CT molecular complexity index is 768. The van der Waals surface area contributed by atoms with Crippen LogP contribution in [0.25, 0.3) is 11.1 Å². The average Bonchev–Trinajstić information content (AvgIpc) is 2.74. The van der Waals surface area contributed by atoms with Crippen LogP contribution >= 0.6 is 0 Å². The second kappa shape index (κ2) is 10.3. The van der Waals surface area contributed by atoms with Gasteiger partial charge in [-0.15, -0.1) is 0 Å². The number of esters is 2. The van der Waals surface area contributed by atoms with Crippen molar-refractivity contribution in [3.63, 3.8) is 0 Å². The molecule has 0 bridgehead atoms. The van der Waals surface area contributed by atoms with Gasteiger partial charge in [0.25, 0.3) is 0 Å². The maximum atomic E-state index is 12.3. The van der Waals surface area contributed by atoms with E-state index in [-0.39, 0.29) is 66.0 Å². The summed E-state index contributed by atoms with van der Waals surface area (Å²) >= 11 is 0. The number of hydroxylamine groups is 1. The Kier molecular flexibility index (Phi) is 8.71. The Labute approximate surface area is 178 Å². The van der Waals surface area contributed by atoms with Gasteiger partial charge in [-0.3, -0.25) is 10.0 Å². The van der Waals surface area contributed by atoms with E-state index in [9.17, 15) is 14.4 Å². The monoisotopic (exact) mass is 384 g/mol. The fourth-order valence-electron chi connectivity index (χ4n) is 2.66. The molecule has 0 saturated heterocycles. The molecule has 0 saturated carbocycles. The molecule has 4 N–H and O–H groups in total. The standard InChI is InChI=1S/C18H20N2O6.Na.H/c1-3-25-17(22)14-11-7-5-10(9-13(21)20-24)6-8-12(11)15(16(14)19)18(23)26-4-2;;/h5-8,24H,3-4,9,19H2,1-2H3,(H,20,21);;. The third-order valence-electron chi connectivity index (χ3n) is 3.74. The van der Waals surface area contributed by atoms with Crippen LogP contribution in [0.2, 0.25) is 0 Å². The molecule has 0 fully saturated rings. The molecular weight excluding hydrogens is 363 g/mol. The van der Waals surface area contributed by atoms with E-state index in [0.717, 1.165) is 0 Å². The number of hydrogen-bond donors (Lipinski definition) is 3. The first kappa shape index (κ1) is 22.9.